The molecule has 1 aliphatic carbocycles. The van der Waals surface area contributed by atoms with Crippen LogP contribution in [0.1, 0.15) is 44.8 Å². The number of hydrogen-bond donors (Lipinski definition) is 1. The van der Waals surface area contributed by atoms with Gasteiger partial charge in [0.15, 0.2) is 0 Å². The van der Waals surface area contributed by atoms with Crippen molar-refractivity contribution in [2.45, 2.75) is 61.4 Å². The largest absolute Gasteiger partial charge is 0.468 e. The van der Waals surface area contributed by atoms with Crippen LogP contribution in [0, 0.1) is 5.92 Å². The molecule has 29 heavy (non-hydrogen) atoms. The topological polar surface area (TPSA) is 79.6 Å². The lowest BCUT2D eigenvalue weighted by Crippen LogP contribution is -2.40. The van der Waals surface area contributed by atoms with E-state index in [4.69, 9.17) is 4.42 Å². The van der Waals surface area contributed by atoms with Crippen LogP contribution in [0.2, 0.25) is 0 Å². The molecule has 1 atom stereocenters. The summed E-state index contributed by atoms with van der Waals surface area (Å²) in [6.07, 6.45) is 6.49. The lowest BCUT2D eigenvalue weighted by Gasteiger charge is -2.33. The molecule has 2 aromatic rings. The Morgan fingerprint density at radius 1 is 1.21 bits per heavy atom. The van der Waals surface area contributed by atoms with Gasteiger partial charge in [0.25, 0.3) is 0 Å². The third-order valence-electron chi connectivity index (χ3n) is 5.63. The number of sulfonamides is 1. The van der Waals surface area contributed by atoms with Gasteiger partial charge in [-0.25, -0.2) is 8.42 Å². The fourth-order valence-corrected chi connectivity index (χ4v) is 6.60. The van der Waals surface area contributed by atoms with E-state index in [9.17, 15) is 13.2 Å². The first-order valence-electron chi connectivity index (χ1n) is 10.1. The molecule has 156 valence electrons. The molecule has 1 aromatic carbocycles. The molecule has 2 aliphatic rings. The molecular weight excluding hydrogens is 408 g/mol. The maximum absolute atomic E-state index is 13.6. The molecule has 1 N–H and O–H groups in total. The summed E-state index contributed by atoms with van der Waals surface area (Å²) in [5.74, 6) is 1.11. The average molecular weight is 435 g/mol. The van der Waals surface area contributed by atoms with E-state index in [-0.39, 0.29) is 29.3 Å². The number of amides is 1. The molecule has 0 radical (unpaired) electrons. The van der Waals surface area contributed by atoms with Gasteiger partial charge in [0.2, 0.25) is 15.9 Å². The number of nitrogens with one attached hydrogen (secondary N) is 1. The monoisotopic (exact) mass is 434 g/mol. The van der Waals surface area contributed by atoms with Crippen molar-refractivity contribution < 1.29 is 17.6 Å². The van der Waals surface area contributed by atoms with Crippen LogP contribution in [-0.4, -0.2) is 30.4 Å². The molecule has 4 rings (SSSR count). The van der Waals surface area contributed by atoms with Gasteiger partial charge in [-0.3, -0.25) is 4.79 Å². The van der Waals surface area contributed by atoms with E-state index in [1.54, 1.807) is 52.7 Å². The fourth-order valence-electron chi connectivity index (χ4n) is 3.91. The van der Waals surface area contributed by atoms with E-state index in [0.29, 0.717) is 17.2 Å². The minimum absolute atomic E-state index is 0.0401. The zero-order valence-electron chi connectivity index (χ0n) is 16.5. The Kier molecular flexibility index (Phi) is 6.03. The minimum Gasteiger partial charge on any atom is -0.468 e. The molecule has 1 amide bonds. The van der Waals surface area contributed by atoms with Crippen molar-refractivity contribution in [2.24, 2.45) is 5.92 Å². The summed E-state index contributed by atoms with van der Waals surface area (Å²) >= 11 is 1.57. The number of carbonyl (C=O) groups is 1. The predicted molar refractivity (Wildman–Crippen MR) is 113 cm³/mol. The standard InChI is InChI=1S/C21H26N2O4S2/c1-15-14-28-20-10-9-18(12-19(20)22-21(15)24)29(25,26)23(13-17-8-5-11-27-17)16-6-3-2-4-7-16/h5,8-12,15-16H,2-4,6-7,13-14H2,1H3,(H,22,24)/t15-/m1/s1. The van der Waals surface area contributed by atoms with Crippen molar-refractivity contribution in [2.75, 3.05) is 11.1 Å². The number of thioether (sulfide) groups is 1. The summed E-state index contributed by atoms with van der Waals surface area (Å²) in [4.78, 5) is 13.3. The Labute approximate surface area is 176 Å². The predicted octanol–water partition coefficient (Wildman–Crippen LogP) is 4.48. The number of anilines is 1. The fraction of sp³-hybridized carbons (Fsp3) is 0.476. The minimum atomic E-state index is -3.74. The van der Waals surface area contributed by atoms with Crippen LogP contribution in [-0.2, 0) is 21.4 Å². The van der Waals surface area contributed by atoms with Crippen LogP contribution < -0.4 is 5.32 Å². The van der Waals surface area contributed by atoms with Crippen molar-refractivity contribution in [1.82, 2.24) is 4.31 Å². The second-order valence-corrected chi connectivity index (χ2v) is 10.7. The zero-order valence-corrected chi connectivity index (χ0v) is 18.1. The van der Waals surface area contributed by atoms with Crippen LogP contribution in [0.25, 0.3) is 0 Å². The molecule has 1 aromatic heterocycles. The van der Waals surface area contributed by atoms with E-state index in [0.717, 1.165) is 37.0 Å². The van der Waals surface area contributed by atoms with Gasteiger partial charge >= 0.3 is 0 Å². The molecule has 2 heterocycles. The normalized spacial score (nSPS) is 20.9. The Morgan fingerprint density at radius 3 is 2.72 bits per heavy atom. The number of furan rings is 1. The summed E-state index contributed by atoms with van der Waals surface area (Å²) in [6, 6.07) is 8.60. The van der Waals surface area contributed by atoms with E-state index in [1.807, 2.05) is 6.92 Å². The molecule has 0 saturated heterocycles. The van der Waals surface area contributed by atoms with Crippen LogP contribution >= 0.6 is 11.8 Å². The van der Waals surface area contributed by atoms with Crippen LogP contribution in [0.3, 0.4) is 0 Å². The molecule has 0 unspecified atom stereocenters. The second kappa shape index (κ2) is 8.53. The SMILES string of the molecule is C[C@@H]1CSc2ccc(S(=O)(=O)N(Cc3ccco3)C3CCCCC3)cc2NC1=O. The molecule has 1 fully saturated rings. The summed E-state index contributed by atoms with van der Waals surface area (Å²) in [6.45, 7) is 2.09. The van der Waals surface area contributed by atoms with Crippen molar-refractivity contribution >= 4 is 33.4 Å². The van der Waals surface area contributed by atoms with Crippen molar-refractivity contribution in [3.63, 3.8) is 0 Å². The van der Waals surface area contributed by atoms with Crippen LogP contribution in [0.4, 0.5) is 5.69 Å². The number of rotatable bonds is 5. The molecule has 6 nitrogen and oxygen atoms in total. The summed E-state index contributed by atoms with van der Waals surface area (Å²) in [5, 5.41) is 2.89. The highest BCUT2D eigenvalue weighted by Crippen LogP contribution is 2.36. The maximum Gasteiger partial charge on any atom is 0.243 e. The Morgan fingerprint density at radius 2 is 2.00 bits per heavy atom. The third kappa shape index (κ3) is 4.39. The van der Waals surface area contributed by atoms with Gasteiger partial charge in [0.05, 0.1) is 23.4 Å². The van der Waals surface area contributed by atoms with Gasteiger partial charge in [-0.2, -0.15) is 4.31 Å². The number of carbonyl (C=O) groups excluding carboxylic acids is 1. The number of hydrogen-bond acceptors (Lipinski definition) is 5. The third-order valence-corrected chi connectivity index (χ3v) is 8.85. The Hall–Kier alpha value is -1.77. The van der Waals surface area contributed by atoms with Gasteiger partial charge in [0.1, 0.15) is 5.76 Å². The molecule has 0 spiro atoms. The lowest BCUT2D eigenvalue weighted by atomic mass is 9.95. The molecule has 1 aliphatic heterocycles. The van der Waals surface area contributed by atoms with Gasteiger partial charge in [-0.15, -0.1) is 11.8 Å². The average Bonchev–Trinajstić information content (AvgIpc) is 3.19. The van der Waals surface area contributed by atoms with E-state index in [2.05, 4.69) is 5.32 Å². The van der Waals surface area contributed by atoms with Crippen LogP contribution in [0.5, 0.6) is 0 Å². The van der Waals surface area contributed by atoms with Crippen LogP contribution in [0.15, 0.2) is 50.8 Å². The molecule has 0 bridgehead atoms. The van der Waals surface area contributed by atoms with E-state index < -0.39 is 10.0 Å². The highest BCUT2D eigenvalue weighted by Gasteiger charge is 2.34. The zero-order chi connectivity index (χ0) is 20.4. The lowest BCUT2D eigenvalue weighted by molar-refractivity contribution is -0.118. The Bertz CT molecular complexity index is 967. The summed E-state index contributed by atoms with van der Waals surface area (Å²) < 4.78 is 34.3. The number of benzene rings is 1. The highest BCUT2D eigenvalue weighted by atomic mass is 32.2. The van der Waals surface area contributed by atoms with Gasteiger partial charge < -0.3 is 9.73 Å². The molecule has 8 heteroatoms. The number of nitrogens with zero attached hydrogens (tertiary/aromatic N) is 1. The van der Waals surface area contributed by atoms with E-state index in [1.165, 1.54) is 0 Å². The molecule has 1 saturated carbocycles. The van der Waals surface area contributed by atoms with Crippen molar-refractivity contribution in [3.8, 4) is 0 Å². The van der Waals surface area contributed by atoms with Crippen molar-refractivity contribution in [3.05, 3.63) is 42.4 Å². The van der Waals surface area contributed by atoms with Crippen molar-refractivity contribution in [1.29, 1.82) is 0 Å². The first-order valence-corrected chi connectivity index (χ1v) is 12.5. The summed E-state index contributed by atoms with van der Waals surface area (Å²) in [5.41, 5.74) is 0.576. The van der Waals surface area contributed by atoms with Gasteiger partial charge in [-0.05, 0) is 43.2 Å². The first kappa shape index (κ1) is 20.5. The summed E-state index contributed by atoms with van der Waals surface area (Å²) in [7, 11) is -3.74. The first-order chi connectivity index (χ1) is 13.9. The maximum atomic E-state index is 13.6. The smallest absolute Gasteiger partial charge is 0.243 e. The second-order valence-electron chi connectivity index (χ2n) is 7.78. The quantitative estimate of drug-likeness (QED) is 0.750. The van der Waals surface area contributed by atoms with Gasteiger partial charge in [-0.1, -0.05) is 26.2 Å². The number of fused-ring (bicyclic) bond motifs is 1. The molecular formula is C21H26N2O4S2. The van der Waals surface area contributed by atoms with E-state index >= 15 is 0 Å². The Balaban J connectivity index is 1.68. The van der Waals surface area contributed by atoms with Gasteiger partial charge in [0, 0.05) is 22.6 Å². The highest BCUT2D eigenvalue weighted by molar-refractivity contribution is 7.99.